The summed E-state index contributed by atoms with van der Waals surface area (Å²) in [6.07, 6.45) is 0. The molecule has 2 atom stereocenters. The van der Waals surface area contributed by atoms with Crippen molar-refractivity contribution >= 4 is 23.4 Å². The molecule has 2 rings (SSSR count). The van der Waals surface area contributed by atoms with E-state index in [0.29, 0.717) is 5.25 Å². The van der Waals surface area contributed by atoms with Gasteiger partial charge in [0.2, 0.25) is 0 Å². The molecule has 1 heterocycles. The Hall–Kier alpha value is -0.250. The molecule has 0 radical (unpaired) electrons. The summed E-state index contributed by atoms with van der Waals surface area (Å²) in [6.45, 7) is 3.13. The molecule has 1 fully saturated rings. The van der Waals surface area contributed by atoms with E-state index >= 15 is 0 Å². The van der Waals surface area contributed by atoms with E-state index in [4.69, 9.17) is 11.6 Å². The van der Waals surface area contributed by atoms with Crippen LogP contribution in [0, 0.1) is 5.82 Å². The van der Waals surface area contributed by atoms with E-state index in [9.17, 15) is 4.39 Å². The molecule has 0 spiro atoms. The number of halogens is 2. The molecular formula is C10H11ClFNS. The molecule has 1 nitrogen and oxygen atoms in total. The smallest absolute Gasteiger partial charge is 0.142 e. The topological polar surface area (TPSA) is 12.0 Å². The molecule has 0 saturated carbocycles. The summed E-state index contributed by atoms with van der Waals surface area (Å²) < 4.78 is 13.2. The van der Waals surface area contributed by atoms with Gasteiger partial charge in [0, 0.05) is 11.8 Å². The Bertz CT molecular complexity index is 345. The second-order valence-electron chi connectivity index (χ2n) is 3.41. The van der Waals surface area contributed by atoms with Crippen molar-refractivity contribution in [1.29, 1.82) is 0 Å². The van der Waals surface area contributed by atoms with Crippen LogP contribution in [0.4, 0.5) is 4.39 Å². The summed E-state index contributed by atoms with van der Waals surface area (Å²) >= 11 is 7.43. The Morgan fingerprint density at radius 3 is 2.93 bits per heavy atom. The predicted molar refractivity (Wildman–Crippen MR) is 59.2 cm³/mol. The highest BCUT2D eigenvalue weighted by molar-refractivity contribution is 8.00. The van der Waals surface area contributed by atoms with Crippen molar-refractivity contribution in [2.75, 3.05) is 6.54 Å². The molecule has 1 saturated heterocycles. The van der Waals surface area contributed by atoms with E-state index in [2.05, 4.69) is 12.2 Å². The number of benzene rings is 1. The number of hydrogen-bond donors (Lipinski definition) is 1. The SMILES string of the molecule is CC1CNC(c2ccc(Cl)c(F)c2)S1. The number of rotatable bonds is 1. The molecule has 1 aliphatic heterocycles. The highest BCUT2D eigenvalue weighted by Gasteiger charge is 2.22. The fourth-order valence-electron chi connectivity index (χ4n) is 1.47. The van der Waals surface area contributed by atoms with Crippen LogP contribution in [0.5, 0.6) is 0 Å². The van der Waals surface area contributed by atoms with E-state index in [0.717, 1.165) is 12.1 Å². The van der Waals surface area contributed by atoms with Crippen molar-refractivity contribution in [1.82, 2.24) is 5.32 Å². The Kier molecular flexibility index (Phi) is 3.00. The number of nitrogens with one attached hydrogen (secondary N) is 1. The maximum Gasteiger partial charge on any atom is 0.142 e. The van der Waals surface area contributed by atoms with Gasteiger partial charge in [0.1, 0.15) is 5.82 Å². The minimum atomic E-state index is -0.342. The average Bonchev–Trinajstić information content (AvgIpc) is 2.57. The third-order valence-electron chi connectivity index (χ3n) is 2.21. The minimum absolute atomic E-state index is 0.185. The molecule has 1 N–H and O–H groups in total. The van der Waals surface area contributed by atoms with Gasteiger partial charge in [-0.15, -0.1) is 11.8 Å². The van der Waals surface area contributed by atoms with Crippen molar-refractivity contribution < 1.29 is 4.39 Å². The molecular weight excluding hydrogens is 221 g/mol. The molecule has 1 aromatic carbocycles. The molecule has 1 aliphatic rings. The van der Waals surface area contributed by atoms with Crippen LogP contribution >= 0.6 is 23.4 Å². The summed E-state index contributed by atoms with van der Waals surface area (Å²) in [5, 5.41) is 4.30. The lowest BCUT2D eigenvalue weighted by Gasteiger charge is -2.10. The van der Waals surface area contributed by atoms with Crippen molar-refractivity contribution in [3.05, 3.63) is 34.6 Å². The van der Waals surface area contributed by atoms with Crippen molar-refractivity contribution in [2.45, 2.75) is 17.5 Å². The molecule has 0 aromatic heterocycles. The second kappa shape index (κ2) is 4.09. The van der Waals surface area contributed by atoms with Gasteiger partial charge in [-0.3, -0.25) is 0 Å². The third-order valence-corrected chi connectivity index (χ3v) is 3.85. The predicted octanol–water partition coefficient (Wildman–Crippen LogP) is 3.20. The number of hydrogen-bond acceptors (Lipinski definition) is 2. The summed E-state index contributed by atoms with van der Waals surface area (Å²) in [5.41, 5.74) is 0.959. The highest BCUT2D eigenvalue weighted by Crippen LogP contribution is 2.35. The van der Waals surface area contributed by atoms with Crippen LogP contribution in [-0.2, 0) is 0 Å². The summed E-state index contributed by atoms with van der Waals surface area (Å²) in [6, 6.07) is 4.98. The Morgan fingerprint density at radius 1 is 1.57 bits per heavy atom. The molecule has 0 aliphatic carbocycles. The Morgan fingerprint density at radius 2 is 2.36 bits per heavy atom. The fourth-order valence-corrected chi connectivity index (χ4v) is 2.74. The maximum absolute atomic E-state index is 13.2. The van der Waals surface area contributed by atoms with Crippen LogP contribution in [-0.4, -0.2) is 11.8 Å². The van der Waals surface area contributed by atoms with E-state index in [1.54, 1.807) is 6.07 Å². The first-order valence-electron chi connectivity index (χ1n) is 4.50. The van der Waals surface area contributed by atoms with Crippen LogP contribution in [0.25, 0.3) is 0 Å². The van der Waals surface area contributed by atoms with Crippen molar-refractivity contribution in [3.8, 4) is 0 Å². The first-order chi connectivity index (χ1) is 6.66. The standard InChI is InChI=1S/C10H11ClFNS/c1-6-5-13-10(14-6)7-2-3-8(11)9(12)4-7/h2-4,6,10,13H,5H2,1H3. The molecule has 14 heavy (non-hydrogen) atoms. The van der Waals surface area contributed by atoms with Crippen molar-refractivity contribution in [3.63, 3.8) is 0 Å². The second-order valence-corrected chi connectivity index (χ2v) is 5.36. The lowest BCUT2D eigenvalue weighted by molar-refractivity contribution is 0.622. The van der Waals surface area contributed by atoms with E-state index < -0.39 is 0 Å². The summed E-state index contributed by atoms with van der Waals surface area (Å²) in [5.74, 6) is -0.342. The molecule has 2 unspecified atom stereocenters. The molecule has 4 heteroatoms. The summed E-state index contributed by atoms with van der Waals surface area (Å²) in [4.78, 5) is 0. The zero-order valence-electron chi connectivity index (χ0n) is 7.76. The van der Waals surface area contributed by atoms with E-state index in [1.807, 2.05) is 17.8 Å². The van der Waals surface area contributed by atoms with Gasteiger partial charge < -0.3 is 5.32 Å². The van der Waals surface area contributed by atoms with Crippen LogP contribution in [0.1, 0.15) is 17.9 Å². The largest absolute Gasteiger partial charge is 0.301 e. The van der Waals surface area contributed by atoms with Gasteiger partial charge in [-0.25, -0.2) is 4.39 Å². The van der Waals surface area contributed by atoms with Crippen LogP contribution in [0.3, 0.4) is 0 Å². The third kappa shape index (κ3) is 2.05. The Balaban J connectivity index is 2.20. The van der Waals surface area contributed by atoms with Crippen LogP contribution < -0.4 is 5.32 Å². The monoisotopic (exact) mass is 231 g/mol. The molecule has 0 amide bonds. The zero-order chi connectivity index (χ0) is 10.1. The quantitative estimate of drug-likeness (QED) is 0.797. The van der Waals surface area contributed by atoms with Gasteiger partial charge >= 0.3 is 0 Å². The minimum Gasteiger partial charge on any atom is -0.301 e. The van der Waals surface area contributed by atoms with E-state index in [-0.39, 0.29) is 16.2 Å². The average molecular weight is 232 g/mol. The summed E-state index contributed by atoms with van der Waals surface area (Å²) in [7, 11) is 0. The van der Waals surface area contributed by atoms with Crippen LogP contribution in [0.2, 0.25) is 5.02 Å². The lowest BCUT2D eigenvalue weighted by Crippen LogP contribution is -2.13. The van der Waals surface area contributed by atoms with Gasteiger partial charge in [0.15, 0.2) is 0 Å². The normalized spacial score (nSPS) is 26.8. The highest BCUT2D eigenvalue weighted by atomic mass is 35.5. The van der Waals surface area contributed by atoms with Gasteiger partial charge in [-0.2, -0.15) is 0 Å². The fraction of sp³-hybridized carbons (Fsp3) is 0.400. The van der Waals surface area contributed by atoms with E-state index in [1.165, 1.54) is 6.07 Å². The Labute approximate surface area is 92.0 Å². The molecule has 0 bridgehead atoms. The van der Waals surface area contributed by atoms with Gasteiger partial charge in [-0.05, 0) is 17.7 Å². The van der Waals surface area contributed by atoms with Crippen LogP contribution in [0.15, 0.2) is 18.2 Å². The number of thioether (sulfide) groups is 1. The van der Waals surface area contributed by atoms with Gasteiger partial charge in [0.05, 0.1) is 10.4 Å². The van der Waals surface area contributed by atoms with Gasteiger partial charge in [-0.1, -0.05) is 24.6 Å². The lowest BCUT2D eigenvalue weighted by atomic mass is 10.2. The molecule has 76 valence electrons. The first-order valence-corrected chi connectivity index (χ1v) is 5.82. The van der Waals surface area contributed by atoms with Gasteiger partial charge in [0.25, 0.3) is 0 Å². The van der Waals surface area contributed by atoms with Crippen molar-refractivity contribution in [2.24, 2.45) is 0 Å². The first kappa shape index (κ1) is 10.3. The zero-order valence-corrected chi connectivity index (χ0v) is 9.33. The maximum atomic E-state index is 13.2. The molecule has 1 aromatic rings.